The fraction of sp³-hybridized carbons (Fsp3) is 0.300. The molecule has 1 aromatic rings. The molecule has 0 heterocycles. The fourth-order valence-corrected chi connectivity index (χ4v) is 1.02. The standard InChI is InChI=1S/C10H11FN2O/c1-7(14)6-13-10-3-2-9(11)4-8(10)5-12/h2-4,7,13-14H,6H2,1H3/t7-/m0/s1. The van der Waals surface area contributed by atoms with Crippen molar-refractivity contribution in [1.29, 1.82) is 5.26 Å². The Morgan fingerprint density at radius 3 is 2.93 bits per heavy atom. The Balaban J connectivity index is 2.82. The van der Waals surface area contributed by atoms with Crippen LogP contribution in [0, 0.1) is 17.1 Å². The molecular formula is C10H11FN2O. The number of hydrogen-bond donors (Lipinski definition) is 2. The molecule has 0 saturated carbocycles. The predicted octanol–water partition coefficient (Wildman–Crippen LogP) is 1.49. The summed E-state index contributed by atoms with van der Waals surface area (Å²) in [5.74, 6) is -0.441. The van der Waals surface area contributed by atoms with E-state index >= 15 is 0 Å². The van der Waals surface area contributed by atoms with Crippen molar-refractivity contribution < 1.29 is 9.50 Å². The van der Waals surface area contributed by atoms with Crippen LogP contribution in [0.1, 0.15) is 12.5 Å². The molecule has 0 bridgehead atoms. The van der Waals surface area contributed by atoms with Crippen LogP contribution in [0.5, 0.6) is 0 Å². The third-order valence-corrected chi connectivity index (χ3v) is 1.69. The second-order valence-electron chi connectivity index (χ2n) is 3.03. The molecule has 14 heavy (non-hydrogen) atoms. The largest absolute Gasteiger partial charge is 0.392 e. The van der Waals surface area contributed by atoms with Gasteiger partial charge in [0.2, 0.25) is 0 Å². The smallest absolute Gasteiger partial charge is 0.124 e. The van der Waals surface area contributed by atoms with Crippen molar-refractivity contribution in [3.63, 3.8) is 0 Å². The molecule has 0 fully saturated rings. The second kappa shape index (κ2) is 4.58. The zero-order valence-corrected chi connectivity index (χ0v) is 7.79. The summed E-state index contributed by atoms with van der Waals surface area (Å²) in [5.41, 5.74) is 0.778. The van der Waals surface area contributed by atoms with Crippen LogP contribution >= 0.6 is 0 Å². The van der Waals surface area contributed by atoms with Gasteiger partial charge in [0.05, 0.1) is 17.4 Å². The molecule has 0 unspecified atom stereocenters. The van der Waals surface area contributed by atoms with Gasteiger partial charge in [0, 0.05) is 6.54 Å². The maximum Gasteiger partial charge on any atom is 0.124 e. The molecule has 0 aliphatic carbocycles. The number of nitriles is 1. The van der Waals surface area contributed by atoms with Gasteiger partial charge in [0.1, 0.15) is 11.9 Å². The normalized spacial score (nSPS) is 11.9. The highest BCUT2D eigenvalue weighted by Gasteiger charge is 2.03. The average molecular weight is 194 g/mol. The maximum absolute atomic E-state index is 12.7. The van der Waals surface area contributed by atoms with Crippen molar-refractivity contribution in [1.82, 2.24) is 0 Å². The third-order valence-electron chi connectivity index (χ3n) is 1.69. The van der Waals surface area contributed by atoms with Gasteiger partial charge >= 0.3 is 0 Å². The van der Waals surface area contributed by atoms with Crippen LogP contribution in [0.25, 0.3) is 0 Å². The zero-order chi connectivity index (χ0) is 10.6. The number of hydrogen-bond acceptors (Lipinski definition) is 3. The number of rotatable bonds is 3. The summed E-state index contributed by atoms with van der Waals surface area (Å²) >= 11 is 0. The fourth-order valence-electron chi connectivity index (χ4n) is 1.02. The van der Waals surface area contributed by atoms with Crippen molar-refractivity contribution in [3.8, 4) is 6.07 Å². The van der Waals surface area contributed by atoms with Crippen LogP contribution in [-0.2, 0) is 0 Å². The number of benzene rings is 1. The molecule has 4 heteroatoms. The van der Waals surface area contributed by atoms with Gasteiger partial charge in [-0.15, -0.1) is 0 Å². The lowest BCUT2D eigenvalue weighted by Crippen LogP contribution is -2.15. The third kappa shape index (κ3) is 2.71. The molecule has 0 spiro atoms. The van der Waals surface area contributed by atoms with Gasteiger partial charge < -0.3 is 10.4 Å². The molecule has 0 aromatic heterocycles. The van der Waals surface area contributed by atoms with Crippen LogP contribution in [0.4, 0.5) is 10.1 Å². The lowest BCUT2D eigenvalue weighted by molar-refractivity contribution is 0.208. The Labute approximate surface area is 81.8 Å². The van der Waals surface area contributed by atoms with Crippen LogP contribution in [0.3, 0.4) is 0 Å². The van der Waals surface area contributed by atoms with E-state index in [2.05, 4.69) is 5.32 Å². The first-order chi connectivity index (χ1) is 6.63. The minimum atomic E-state index is -0.508. The second-order valence-corrected chi connectivity index (χ2v) is 3.03. The molecule has 0 aliphatic heterocycles. The molecule has 0 amide bonds. The maximum atomic E-state index is 12.7. The van der Waals surface area contributed by atoms with E-state index in [9.17, 15) is 4.39 Å². The summed E-state index contributed by atoms with van der Waals surface area (Å²) in [4.78, 5) is 0. The number of nitrogens with one attached hydrogen (secondary N) is 1. The molecular weight excluding hydrogens is 183 g/mol. The summed E-state index contributed by atoms with van der Waals surface area (Å²) in [6.07, 6.45) is -0.508. The van der Waals surface area contributed by atoms with Crippen molar-refractivity contribution in [2.24, 2.45) is 0 Å². The Morgan fingerprint density at radius 1 is 1.64 bits per heavy atom. The average Bonchev–Trinajstić information content (AvgIpc) is 2.15. The monoisotopic (exact) mass is 194 g/mol. The first kappa shape index (κ1) is 10.5. The highest BCUT2D eigenvalue weighted by Crippen LogP contribution is 2.15. The van der Waals surface area contributed by atoms with Crippen molar-refractivity contribution in [2.45, 2.75) is 13.0 Å². The molecule has 2 N–H and O–H groups in total. The lowest BCUT2D eigenvalue weighted by atomic mass is 10.2. The number of anilines is 1. The molecule has 1 rings (SSSR count). The number of halogens is 1. The molecule has 0 radical (unpaired) electrons. The van der Waals surface area contributed by atoms with Gasteiger partial charge in [-0.05, 0) is 25.1 Å². The number of nitrogens with zero attached hydrogens (tertiary/aromatic N) is 1. The summed E-state index contributed by atoms with van der Waals surface area (Å²) in [7, 11) is 0. The summed E-state index contributed by atoms with van der Waals surface area (Å²) in [6.45, 7) is 1.96. The van der Waals surface area contributed by atoms with E-state index in [1.165, 1.54) is 12.1 Å². The predicted molar refractivity (Wildman–Crippen MR) is 51.3 cm³/mol. The van der Waals surface area contributed by atoms with E-state index in [0.29, 0.717) is 12.2 Å². The van der Waals surface area contributed by atoms with E-state index < -0.39 is 11.9 Å². The van der Waals surface area contributed by atoms with Gasteiger partial charge in [-0.3, -0.25) is 0 Å². The lowest BCUT2D eigenvalue weighted by Gasteiger charge is -2.09. The number of aliphatic hydroxyl groups is 1. The van der Waals surface area contributed by atoms with E-state index in [-0.39, 0.29) is 5.56 Å². The van der Waals surface area contributed by atoms with Crippen molar-refractivity contribution in [2.75, 3.05) is 11.9 Å². The van der Waals surface area contributed by atoms with E-state index in [1.807, 2.05) is 6.07 Å². The minimum absolute atomic E-state index is 0.241. The molecule has 1 aromatic carbocycles. The Hall–Kier alpha value is -1.60. The van der Waals surface area contributed by atoms with Gasteiger partial charge in [0.15, 0.2) is 0 Å². The quantitative estimate of drug-likeness (QED) is 0.766. The zero-order valence-electron chi connectivity index (χ0n) is 7.79. The van der Waals surface area contributed by atoms with E-state index in [0.717, 1.165) is 6.07 Å². The number of aliphatic hydroxyl groups excluding tert-OH is 1. The van der Waals surface area contributed by atoms with Gasteiger partial charge in [0.25, 0.3) is 0 Å². The molecule has 0 aliphatic rings. The van der Waals surface area contributed by atoms with Gasteiger partial charge in [-0.25, -0.2) is 4.39 Å². The van der Waals surface area contributed by atoms with Crippen LogP contribution in [0.2, 0.25) is 0 Å². The minimum Gasteiger partial charge on any atom is -0.392 e. The first-order valence-electron chi connectivity index (χ1n) is 4.25. The van der Waals surface area contributed by atoms with Crippen LogP contribution < -0.4 is 5.32 Å². The van der Waals surface area contributed by atoms with E-state index in [1.54, 1.807) is 6.92 Å². The summed E-state index contributed by atoms with van der Waals surface area (Å²) in [5, 5.41) is 20.6. The molecule has 1 atom stereocenters. The Morgan fingerprint density at radius 2 is 2.36 bits per heavy atom. The van der Waals surface area contributed by atoms with Crippen molar-refractivity contribution in [3.05, 3.63) is 29.6 Å². The molecule has 0 saturated heterocycles. The van der Waals surface area contributed by atoms with Crippen LogP contribution in [-0.4, -0.2) is 17.8 Å². The molecule has 74 valence electrons. The highest BCUT2D eigenvalue weighted by atomic mass is 19.1. The first-order valence-corrected chi connectivity index (χ1v) is 4.25. The Bertz CT molecular complexity index is 358. The summed E-state index contributed by atoms with van der Waals surface area (Å²) < 4.78 is 12.7. The Kier molecular flexibility index (Phi) is 3.43. The topological polar surface area (TPSA) is 56.0 Å². The van der Waals surface area contributed by atoms with Crippen molar-refractivity contribution >= 4 is 5.69 Å². The van der Waals surface area contributed by atoms with Gasteiger partial charge in [-0.1, -0.05) is 0 Å². The van der Waals surface area contributed by atoms with Gasteiger partial charge in [-0.2, -0.15) is 5.26 Å². The van der Waals surface area contributed by atoms with Crippen LogP contribution in [0.15, 0.2) is 18.2 Å². The highest BCUT2D eigenvalue weighted by molar-refractivity contribution is 5.57. The molecule has 3 nitrogen and oxygen atoms in total. The SMILES string of the molecule is C[C@H](O)CNc1ccc(F)cc1C#N. The summed E-state index contributed by atoms with van der Waals surface area (Å²) in [6, 6.07) is 5.78. The van der Waals surface area contributed by atoms with E-state index in [4.69, 9.17) is 10.4 Å².